The molecular weight excluding hydrogens is 538 g/mol. The Morgan fingerprint density at radius 3 is 2.31 bits per heavy atom. The number of hydrogen-bond donors (Lipinski definition) is 6. The van der Waals surface area contributed by atoms with Gasteiger partial charge in [-0.3, -0.25) is 14.4 Å². The highest BCUT2D eigenvalue weighted by molar-refractivity contribution is 6.24. The van der Waals surface area contributed by atoms with Gasteiger partial charge in [0.25, 0.3) is 5.91 Å². The third-order valence-electron chi connectivity index (χ3n) is 8.82. The molecule has 0 heterocycles. The van der Waals surface area contributed by atoms with Gasteiger partial charge in [-0.1, -0.05) is 45.0 Å². The van der Waals surface area contributed by atoms with Gasteiger partial charge >= 0.3 is 0 Å². The predicted molar refractivity (Wildman–Crippen MR) is 158 cm³/mol. The highest BCUT2D eigenvalue weighted by Gasteiger charge is 2.59. The third kappa shape index (κ3) is 4.41. The van der Waals surface area contributed by atoms with Crippen LogP contribution < -0.4 is 16.0 Å². The summed E-state index contributed by atoms with van der Waals surface area (Å²) in [5.41, 5.74) is 5.44. The number of aliphatic hydroxyl groups is 3. The van der Waals surface area contributed by atoms with Crippen LogP contribution in [0.5, 0.6) is 5.75 Å². The van der Waals surface area contributed by atoms with Crippen LogP contribution in [0.3, 0.4) is 0 Å². The lowest BCUT2D eigenvalue weighted by Crippen LogP contribution is -2.57. The zero-order valence-electron chi connectivity index (χ0n) is 24.4. The number of carbonyl (C=O) groups is 3. The first-order chi connectivity index (χ1) is 19.6. The van der Waals surface area contributed by atoms with Crippen molar-refractivity contribution < 1.29 is 34.8 Å². The lowest BCUT2D eigenvalue weighted by molar-refractivity contribution is -0.144. The molecule has 5 rings (SSSR count). The molecule has 0 radical (unpaired) electrons. The number of primary amides is 1. The van der Waals surface area contributed by atoms with Gasteiger partial charge in [0.1, 0.15) is 22.8 Å². The second-order valence-electron chi connectivity index (χ2n) is 12.8. The second kappa shape index (κ2) is 9.90. The standard InChI is InChI=1S/C32H37N3O7/c1-31(2,3)17-8-6-15(7-9-17)14-34-20-13-21(35(4)5)19-11-16-10-18-12-22(36)25(30(33)41)29(40)32(18,42)28(39)23(16)27(38)24(19)26(20)37/h6-9,13,16,18,34,36-37,39,42H,10-12,14H2,1-5H3,(H2,33,41)/t16-,18+,32+/m1/s1. The van der Waals surface area contributed by atoms with E-state index in [1.807, 2.05) is 31.1 Å². The van der Waals surface area contributed by atoms with Crippen LogP contribution in [0.1, 0.15) is 60.7 Å². The molecule has 1 amide bonds. The number of fused-ring (bicyclic) bond motifs is 3. The summed E-state index contributed by atoms with van der Waals surface area (Å²) in [6.45, 7) is 6.77. The van der Waals surface area contributed by atoms with E-state index in [-0.39, 0.29) is 41.6 Å². The number of amides is 1. The first kappa shape index (κ1) is 29.2. The van der Waals surface area contributed by atoms with E-state index in [0.717, 1.165) is 5.56 Å². The van der Waals surface area contributed by atoms with E-state index in [0.29, 0.717) is 23.5 Å². The van der Waals surface area contributed by atoms with E-state index in [1.165, 1.54) is 5.56 Å². The van der Waals surface area contributed by atoms with Crippen LogP contribution in [0.25, 0.3) is 0 Å². The second-order valence-corrected chi connectivity index (χ2v) is 12.8. The zero-order valence-corrected chi connectivity index (χ0v) is 24.4. The maximum atomic E-state index is 14.0. The highest BCUT2D eigenvalue weighted by Crippen LogP contribution is 2.53. The monoisotopic (exact) mass is 575 g/mol. The minimum atomic E-state index is -2.59. The van der Waals surface area contributed by atoms with Gasteiger partial charge in [0, 0.05) is 44.2 Å². The maximum Gasteiger partial charge on any atom is 0.255 e. The fraction of sp³-hybridized carbons (Fsp3) is 0.406. The molecule has 2 aromatic carbocycles. The van der Waals surface area contributed by atoms with Crippen molar-refractivity contribution in [1.29, 1.82) is 0 Å². The number of carbonyl (C=O) groups excluding carboxylic acids is 3. The largest absolute Gasteiger partial charge is 0.511 e. The number of phenols is 1. The van der Waals surface area contributed by atoms with Crippen LogP contribution in [0.2, 0.25) is 0 Å². The predicted octanol–water partition coefficient (Wildman–Crippen LogP) is 3.56. The van der Waals surface area contributed by atoms with Gasteiger partial charge in [0.05, 0.1) is 11.3 Å². The van der Waals surface area contributed by atoms with Crippen molar-refractivity contribution in [3.63, 3.8) is 0 Å². The summed E-state index contributed by atoms with van der Waals surface area (Å²) in [6, 6.07) is 9.89. The van der Waals surface area contributed by atoms with Crippen molar-refractivity contribution in [2.45, 2.75) is 57.6 Å². The maximum absolute atomic E-state index is 14.0. The smallest absolute Gasteiger partial charge is 0.255 e. The Balaban J connectivity index is 1.56. The highest BCUT2D eigenvalue weighted by atomic mass is 16.3. The minimum absolute atomic E-state index is 0.00834. The van der Waals surface area contributed by atoms with Crippen molar-refractivity contribution in [3.8, 4) is 5.75 Å². The van der Waals surface area contributed by atoms with Gasteiger partial charge in [0.2, 0.25) is 5.78 Å². The summed E-state index contributed by atoms with van der Waals surface area (Å²) >= 11 is 0. The third-order valence-corrected chi connectivity index (χ3v) is 8.82. The van der Waals surface area contributed by atoms with Crippen molar-refractivity contribution in [3.05, 3.63) is 75.3 Å². The Morgan fingerprint density at radius 2 is 1.74 bits per heavy atom. The molecule has 10 nitrogen and oxygen atoms in total. The number of benzene rings is 2. The molecule has 0 aromatic heterocycles. The molecule has 3 atom stereocenters. The molecular formula is C32H37N3O7. The number of hydrogen-bond acceptors (Lipinski definition) is 9. The van der Waals surface area contributed by atoms with Crippen LogP contribution in [0, 0.1) is 11.8 Å². The molecule has 2 aromatic rings. The molecule has 0 saturated heterocycles. The normalized spacial score (nSPS) is 23.8. The molecule has 42 heavy (non-hydrogen) atoms. The Kier molecular flexibility index (Phi) is 6.88. The first-order valence-electron chi connectivity index (χ1n) is 13.9. The summed E-state index contributed by atoms with van der Waals surface area (Å²) < 4.78 is 0. The number of allylic oxidation sites excluding steroid dienone is 2. The molecule has 7 N–H and O–H groups in total. The van der Waals surface area contributed by atoms with Gasteiger partial charge in [-0.05, 0) is 46.9 Å². The summed E-state index contributed by atoms with van der Waals surface area (Å²) in [6.07, 6.45) is 0.0614. The number of aliphatic hydroxyl groups excluding tert-OH is 2. The van der Waals surface area contributed by atoms with Gasteiger partial charge in [0.15, 0.2) is 11.4 Å². The van der Waals surface area contributed by atoms with Crippen LogP contribution in [-0.4, -0.2) is 57.6 Å². The van der Waals surface area contributed by atoms with Crippen molar-refractivity contribution in [2.75, 3.05) is 24.3 Å². The molecule has 3 aliphatic carbocycles. The summed E-state index contributed by atoms with van der Waals surface area (Å²) in [7, 11) is 3.64. The average molecular weight is 576 g/mol. The number of nitrogens with zero attached hydrogens (tertiary/aromatic N) is 1. The lowest BCUT2D eigenvalue weighted by Gasteiger charge is -2.46. The van der Waals surface area contributed by atoms with E-state index in [9.17, 15) is 34.8 Å². The Hall–Kier alpha value is -4.31. The fourth-order valence-electron chi connectivity index (χ4n) is 6.52. The molecule has 0 spiro atoms. The average Bonchev–Trinajstić information content (AvgIpc) is 2.89. The molecule has 222 valence electrons. The van der Waals surface area contributed by atoms with E-state index in [2.05, 4.69) is 38.2 Å². The number of nitrogens with two attached hydrogens (primary N) is 1. The van der Waals surface area contributed by atoms with E-state index >= 15 is 0 Å². The first-order valence-corrected chi connectivity index (χ1v) is 13.9. The number of ketones is 2. The van der Waals surface area contributed by atoms with Crippen molar-refractivity contribution >= 4 is 28.8 Å². The summed E-state index contributed by atoms with van der Waals surface area (Å²) in [5.74, 6) is -6.46. The van der Waals surface area contributed by atoms with Crippen LogP contribution >= 0.6 is 0 Å². The number of rotatable bonds is 5. The van der Waals surface area contributed by atoms with E-state index < -0.39 is 52.0 Å². The molecule has 0 bridgehead atoms. The Bertz CT molecular complexity index is 1580. The molecule has 0 aliphatic heterocycles. The summed E-state index contributed by atoms with van der Waals surface area (Å²) in [4.78, 5) is 40.9. The van der Waals surface area contributed by atoms with Gasteiger partial charge in [-0.2, -0.15) is 0 Å². The minimum Gasteiger partial charge on any atom is -0.511 e. The quantitative estimate of drug-likeness (QED) is 0.230. The van der Waals surface area contributed by atoms with Crippen molar-refractivity contribution in [2.24, 2.45) is 17.6 Å². The number of anilines is 2. The molecule has 0 fully saturated rings. The van der Waals surface area contributed by atoms with Crippen LogP contribution in [0.15, 0.2) is 53.0 Å². The lowest BCUT2D eigenvalue weighted by atomic mass is 9.60. The zero-order chi connectivity index (χ0) is 30.9. The fourth-order valence-corrected chi connectivity index (χ4v) is 6.52. The van der Waals surface area contributed by atoms with Crippen molar-refractivity contribution in [1.82, 2.24) is 0 Å². The van der Waals surface area contributed by atoms with Gasteiger partial charge in [-0.25, -0.2) is 0 Å². The van der Waals surface area contributed by atoms with E-state index in [1.54, 1.807) is 6.07 Å². The van der Waals surface area contributed by atoms with Gasteiger partial charge < -0.3 is 36.4 Å². The van der Waals surface area contributed by atoms with Crippen LogP contribution in [-0.2, 0) is 28.0 Å². The number of phenolic OH excluding ortho intramolecular Hbond substituents is 1. The molecule has 10 heteroatoms. The molecule has 3 aliphatic rings. The van der Waals surface area contributed by atoms with Gasteiger partial charge in [-0.15, -0.1) is 0 Å². The molecule has 0 unspecified atom stereocenters. The number of nitrogens with one attached hydrogen (secondary N) is 1. The van der Waals surface area contributed by atoms with Crippen LogP contribution in [0.4, 0.5) is 11.4 Å². The Labute approximate surface area is 244 Å². The Morgan fingerprint density at radius 1 is 1.10 bits per heavy atom. The van der Waals surface area contributed by atoms with E-state index in [4.69, 9.17) is 5.73 Å². The summed E-state index contributed by atoms with van der Waals surface area (Å²) in [5, 5.41) is 47.7. The topological polar surface area (TPSA) is 173 Å². The number of aromatic hydroxyl groups is 1. The SMILES string of the molecule is CN(C)c1cc(NCc2ccc(C(C)(C)C)cc2)c(O)c2c1C[C@H]1C[C@H]3CC(O)=C(C(N)=O)C(=O)[C@@]3(O)C(O)=C1C2=O. The number of Topliss-reactive ketones (excluding diaryl/α,β-unsaturated/α-hetero) is 2. The molecule has 0 saturated carbocycles.